The lowest BCUT2D eigenvalue weighted by Crippen LogP contribution is -2.12. The standard InChI is InChI=1S/C18H18N4O/c1-3-7-15(8-4-1)22-18-13-17(20-14-21-18)19-11-12-23-16-9-5-2-6-10-16/h1-10,13-14H,11-12H2,(H2,19,20,21,22). The summed E-state index contributed by atoms with van der Waals surface area (Å²) in [5.74, 6) is 2.37. The molecule has 0 fully saturated rings. The van der Waals surface area contributed by atoms with Gasteiger partial charge in [0, 0.05) is 11.8 Å². The Labute approximate surface area is 135 Å². The van der Waals surface area contributed by atoms with Crippen LogP contribution in [0.4, 0.5) is 17.3 Å². The van der Waals surface area contributed by atoms with E-state index in [0.29, 0.717) is 13.2 Å². The minimum atomic E-state index is 0.565. The second-order valence-electron chi connectivity index (χ2n) is 4.87. The lowest BCUT2D eigenvalue weighted by molar-refractivity contribution is 0.333. The third kappa shape index (κ3) is 4.71. The highest BCUT2D eigenvalue weighted by Gasteiger charge is 1.99. The highest BCUT2D eigenvalue weighted by molar-refractivity contribution is 5.58. The predicted molar refractivity (Wildman–Crippen MR) is 92.2 cm³/mol. The Morgan fingerprint density at radius 3 is 2.30 bits per heavy atom. The van der Waals surface area contributed by atoms with Gasteiger partial charge in [-0.2, -0.15) is 0 Å². The zero-order valence-electron chi connectivity index (χ0n) is 12.6. The second kappa shape index (κ2) is 7.79. The first kappa shape index (κ1) is 14.8. The minimum absolute atomic E-state index is 0.565. The Bertz CT molecular complexity index is 719. The highest BCUT2D eigenvalue weighted by atomic mass is 16.5. The van der Waals surface area contributed by atoms with Crippen molar-refractivity contribution in [3.8, 4) is 5.75 Å². The van der Waals surface area contributed by atoms with Gasteiger partial charge in [-0.25, -0.2) is 9.97 Å². The maximum absolute atomic E-state index is 5.63. The predicted octanol–water partition coefficient (Wildman–Crippen LogP) is 3.71. The molecule has 1 aromatic heterocycles. The molecule has 0 saturated carbocycles. The number of nitrogens with one attached hydrogen (secondary N) is 2. The van der Waals surface area contributed by atoms with Crippen LogP contribution in [0.1, 0.15) is 0 Å². The van der Waals surface area contributed by atoms with Gasteiger partial charge in [-0.15, -0.1) is 0 Å². The van der Waals surface area contributed by atoms with E-state index >= 15 is 0 Å². The summed E-state index contributed by atoms with van der Waals surface area (Å²) in [6, 6.07) is 21.5. The number of aromatic nitrogens is 2. The monoisotopic (exact) mass is 306 g/mol. The molecule has 0 radical (unpaired) electrons. The van der Waals surface area contributed by atoms with E-state index < -0.39 is 0 Å². The van der Waals surface area contributed by atoms with Gasteiger partial charge in [-0.3, -0.25) is 0 Å². The van der Waals surface area contributed by atoms with Gasteiger partial charge in [0.2, 0.25) is 0 Å². The number of nitrogens with zero attached hydrogens (tertiary/aromatic N) is 2. The zero-order valence-corrected chi connectivity index (χ0v) is 12.6. The van der Waals surface area contributed by atoms with Crippen LogP contribution >= 0.6 is 0 Å². The molecule has 0 saturated heterocycles. The van der Waals surface area contributed by atoms with Crippen LogP contribution in [-0.2, 0) is 0 Å². The van der Waals surface area contributed by atoms with E-state index in [2.05, 4.69) is 20.6 Å². The number of para-hydroxylation sites is 2. The lowest BCUT2D eigenvalue weighted by Gasteiger charge is -2.09. The van der Waals surface area contributed by atoms with Crippen molar-refractivity contribution in [2.75, 3.05) is 23.8 Å². The van der Waals surface area contributed by atoms with E-state index in [1.54, 1.807) is 0 Å². The van der Waals surface area contributed by atoms with E-state index in [-0.39, 0.29) is 0 Å². The fourth-order valence-corrected chi connectivity index (χ4v) is 2.06. The summed E-state index contributed by atoms with van der Waals surface area (Å²) in [7, 11) is 0. The summed E-state index contributed by atoms with van der Waals surface area (Å²) in [5.41, 5.74) is 0.990. The van der Waals surface area contributed by atoms with Gasteiger partial charge in [0.05, 0.1) is 6.54 Å². The number of hydrogen-bond donors (Lipinski definition) is 2. The van der Waals surface area contributed by atoms with E-state index in [4.69, 9.17) is 4.74 Å². The van der Waals surface area contributed by atoms with E-state index in [1.807, 2.05) is 66.7 Å². The molecule has 23 heavy (non-hydrogen) atoms. The van der Waals surface area contributed by atoms with Gasteiger partial charge < -0.3 is 15.4 Å². The average Bonchev–Trinajstić information content (AvgIpc) is 2.61. The zero-order chi connectivity index (χ0) is 15.7. The van der Waals surface area contributed by atoms with E-state index in [9.17, 15) is 0 Å². The number of benzene rings is 2. The molecule has 0 bridgehead atoms. The fourth-order valence-electron chi connectivity index (χ4n) is 2.06. The minimum Gasteiger partial charge on any atom is -0.492 e. The molecule has 0 unspecified atom stereocenters. The smallest absolute Gasteiger partial charge is 0.135 e. The molecule has 0 aliphatic rings. The SMILES string of the molecule is c1ccc(Nc2cc(NCCOc3ccccc3)ncn2)cc1. The first-order valence-electron chi connectivity index (χ1n) is 7.46. The summed E-state index contributed by atoms with van der Waals surface area (Å²) >= 11 is 0. The largest absolute Gasteiger partial charge is 0.492 e. The second-order valence-corrected chi connectivity index (χ2v) is 4.87. The molecule has 3 aromatic rings. The molecule has 0 aliphatic heterocycles. The van der Waals surface area contributed by atoms with Crippen molar-refractivity contribution in [2.45, 2.75) is 0 Å². The lowest BCUT2D eigenvalue weighted by atomic mass is 10.3. The van der Waals surface area contributed by atoms with Crippen molar-refractivity contribution in [1.29, 1.82) is 0 Å². The quantitative estimate of drug-likeness (QED) is 0.652. The van der Waals surface area contributed by atoms with Crippen LogP contribution in [0.15, 0.2) is 73.1 Å². The van der Waals surface area contributed by atoms with Gasteiger partial charge in [0.1, 0.15) is 30.3 Å². The highest BCUT2D eigenvalue weighted by Crippen LogP contribution is 2.15. The van der Waals surface area contributed by atoms with Gasteiger partial charge in [0.25, 0.3) is 0 Å². The topological polar surface area (TPSA) is 59.1 Å². The molecular weight excluding hydrogens is 288 g/mol. The fraction of sp³-hybridized carbons (Fsp3) is 0.111. The summed E-state index contributed by atoms with van der Waals surface area (Å²) in [5, 5.41) is 6.46. The summed E-state index contributed by atoms with van der Waals surface area (Å²) < 4.78 is 5.63. The third-order valence-corrected chi connectivity index (χ3v) is 3.13. The molecule has 116 valence electrons. The maximum Gasteiger partial charge on any atom is 0.135 e. The van der Waals surface area contributed by atoms with Crippen molar-refractivity contribution in [3.63, 3.8) is 0 Å². The van der Waals surface area contributed by atoms with Crippen LogP contribution < -0.4 is 15.4 Å². The van der Waals surface area contributed by atoms with Gasteiger partial charge in [-0.1, -0.05) is 36.4 Å². The molecule has 0 amide bonds. The van der Waals surface area contributed by atoms with Crippen LogP contribution in [0.3, 0.4) is 0 Å². The average molecular weight is 306 g/mol. The van der Waals surface area contributed by atoms with Crippen molar-refractivity contribution < 1.29 is 4.74 Å². The van der Waals surface area contributed by atoms with Crippen molar-refractivity contribution >= 4 is 17.3 Å². The number of rotatable bonds is 7. The Morgan fingerprint density at radius 2 is 1.52 bits per heavy atom. The Hall–Kier alpha value is -3.08. The van der Waals surface area contributed by atoms with Crippen molar-refractivity contribution in [2.24, 2.45) is 0 Å². The molecule has 5 heteroatoms. The van der Waals surface area contributed by atoms with Gasteiger partial charge >= 0.3 is 0 Å². The number of ether oxygens (including phenoxy) is 1. The van der Waals surface area contributed by atoms with E-state index in [0.717, 1.165) is 23.1 Å². The van der Waals surface area contributed by atoms with E-state index in [1.165, 1.54) is 6.33 Å². The normalized spacial score (nSPS) is 10.1. The molecule has 2 aromatic carbocycles. The molecule has 0 atom stereocenters. The molecule has 3 rings (SSSR count). The van der Waals surface area contributed by atoms with Crippen LogP contribution in [0.25, 0.3) is 0 Å². The molecule has 1 heterocycles. The molecular formula is C18H18N4O. The summed E-state index contributed by atoms with van der Waals surface area (Å²) in [4.78, 5) is 8.42. The van der Waals surface area contributed by atoms with Crippen molar-refractivity contribution in [1.82, 2.24) is 9.97 Å². The molecule has 0 aliphatic carbocycles. The van der Waals surface area contributed by atoms with Crippen LogP contribution in [0, 0.1) is 0 Å². The first-order chi connectivity index (χ1) is 11.4. The van der Waals surface area contributed by atoms with Crippen LogP contribution in [0.5, 0.6) is 5.75 Å². The Kier molecular flexibility index (Phi) is 5.03. The Morgan fingerprint density at radius 1 is 0.826 bits per heavy atom. The number of anilines is 3. The summed E-state index contributed by atoms with van der Waals surface area (Å²) in [6.45, 7) is 1.23. The number of hydrogen-bond acceptors (Lipinski definition) is 5. The first-order valence-corrected chi connectivity index (χ1v) is 7.46. The van der Waals surface area contributed by atoms with Crippen LogP contribution in [0.2, 0.25) is 0 Å². The Balaban J connectivity index is 1.49. The van der Waals surface area contributed by atoms with Gasteiger partial charge in [0.15, 0.2) is 0 Å². The van der Waals surface area contributed by atoms with Crippen LogP contribution in [-0.4, -0.2) is 23.1 Å². The molecule has 5 nitrogen and oxygen atoms in total. The molecule has 2 N–H and O–H groups in total. The molecule has 0 spiro atoms. The van der Waals surface area contributed by atoms with Crippen molar-refractivity contribution in [3.05, 3.63) is 73.1 Å². The third-order valence-electron chi connectivity index (χ3n) is 3.13. The van der Waals surface area contributed by atoms with Gasteiger partial charge in [-0.05, 0) is 24.3 Å². The maximum atomic E-state index is 5.63. The summed E-state index contributed by atoms with van der Waals surface area (Å²) in [6.07, 6.45) is 1.53.